The molecule has 0 aliphatic rings. The van der Waals surface area contributed by atoms with Crippen molar-refractivity contribution >= 4 is 0 Å². The van der Waals surface area contributed by atoms with Crippen LogP contribution in [-0.4, -0.2) is 26.3 Å². The van der Waals surface area contributed by atoms with Gasteiger partial charge in [0.05, 0.1) is 0 Å². The number of ether oxygens (including phenoxy) is 1. The average Bonchev–Trinajstić information content (AvgIpc) is 2.42. The third-order valence-corrected chi connectivity index (χ3v) is 3.05. The van der Waals surface area contributed by atoms with Gasteiger partial charge in [-0.25, -0.2) is 0 Å². The van der Waals surface area contributed by atoms with Gasteiger partial charge in [-0.3, -0.25) is 0 Å². The van der Waals surface area contributed by atoms with Crippen molar-refractivity contribution in [1.82, 2.24) is 5.32 Å². The monoisotopic (exact) mass is 249 g/mol. The molecule has 1 N–H and O–H groups in total. The summed E-state index contributed by atoms with van der Waals surface area (Å²) >= 11 is 0. The largest absolute Gasteiger partial charge is 0.381 e. The molecule has 0 amide bonds. The zero-order valence-corrected chi connectivity index (χ0v) is 11.8. The Morgan fingerprint density at radius 3 is 2.50 bits per heavy atom. The minimum Gasteiger partial charge on any atom is -0.381 e. The maximum absolute atomic E-state index is 5.61. The van der Waals surface area contributed by atoms with Crippen LogP contribution in [0.3, 0.4) is 0 Å². The predicted octanol–water partition coefficient (Wildman–Crippen LogP) is 3.59. The standard InChI is InChI=1S/C16H27NO/c1-3-11-17-14-16(10-13-18-12-4-2)15-8-6-5-7-9-15/h5-9,16-17H,3-4,10-14H2,1-2H3. The van der Waals surface area contributed by atoms with Crippen molar-refractivity contribution in [2.75, 3.05) is 26.3 Å². The number of nitrogens with one attached hydrogen (secondary N) is 1. The second kappa shape index (κ2) is 10.1. The van der Waals surface area contributed by atoms with Gasteiger partial charge in [0.1, 0.15) is 0 Å². The maximum Gasteiger partial charge on any atom is 0.0472 e. The summed E-state index contributed by atoms with van der Waals surface area (Å²) in [6.45, 7) is 8.24. The van der Waals surface area contributed by atoms with Crippen molar-refractivity contribution in [3.05, 3.63) is 35.9 Å². The highest BCUT2D eigenvalue weighted by molar-refractivity contribution is 5.19. The summed E-state index contributed by atoms with van der Waals surface area (Å²) in [5, 5.41) is 3.52. The van der Waals surface area contributed by atoms with E-state index in [1.165, 1.54) is 12.0 Å². The van der Waals surface area contributed by atoms with E-state index in [0.29, 0.717) is 5.92 Å². The van der Waals surface area contributed by atoms with Gasteiger partial charge >= 0.3 is 0 Å². The topological polar surface area (TPSA) is 21.3 Å². The highest BCUT2D eigenvalue weighted by atomic mass is 16.5. The van der Waals surface area contributed by atoms with Gasteiger partial charge in [-0.05, 0) is 37.3 Å². The Bertz CT molecular complexity index is 286. The fraction of sp³-hybridized carbons (Fsp3) is 0.625. The van der Waals surface area contributed by atoms with Crippen molar-refractivity contribution < 1.29 is 4.74 Å². The number of hydrogen-bond donors (Lipinski definition) is 1. The molecular weight excluding hydrogens is 222 g/mol. The van der Waals surface area contributed by atoms with E-state index < -0.39 is 0 Å². The van der Waals surface area contributed by atoms with Crippen LogP contribution in [0.25, 0.3) is 0 Å². The number of hydrogen-bond acceptors (Lipinski definition) is 2. The first-order valence-corrected chi connectivity index (χ1v) is 7.21. The van der Waals surface area contributed by atoms with Crippen molar-refractivity contribution in [3.63, 3.8) is 0 Å². The molecule has 1 aromatic rings. The van der Waals surface area contributed by atoms with Gasteiger partial charge in [0.2, 0.25) is 0 Å². The van der Waals surface area contributed by atoms with E-state index in [9.17, 15) is 0 Å². The molecule has 18 heavy (non-hydrogen) atoms. The Morgan fingerprint density at radius 2 is 1.83 bits per heavy atom. The molecule has 0 spiro atoms. The summed E-state index contributed by atoms with van der Waals surface area (Å²) in [5.41, 5.74) is 1.42. The lowest BCUT2D eigenvalue weighted by Gasteiger charge is -2.18. The summed E-state index contributed by atoms with van der Waals surface area (Å²) in [5.74, 6) is 0.564. The SMILES string of the molecule is CCCNCC(CCOCCC)c1ccccc1. The Balaban J connectivity index is 2.42. The van der Waals surface area contributed by atoms with E-state index in [1.807, 2.05) is 0 Å². The molecule has 0 saturated carbocycles. The Morgan fingerprint density at radius 1 is 1.06 bits per heavy atom. The highest BCUT2D eigenvalue weighted by Crippen LogP contribution is 2.18. The van der Waals surface area contributed by atoms with Crippen LogP contribution >= 0.6 is 0 Å². The van der Waals surface area contributed by atoms with Gasteiger partial charge in [-0.1, -0.05) is 44.2 Å². The third kappa shape index (κ3) is 6.18. The van der Waals surface area contributed by atoms with E-state index in [-0.39, 0.29) is 0 Å². The molecule has 1 atom stereocenters. The van der Waals surface area contributed by atoms with Crippen LogP contribution in [0, 0.1) is 0 Å². The van der Waals surface area contributed by atoms with Crippen molar-refractivity contribution in [3.8, 4) is 0 Å². The highest BCUT2D eigenvalue weighted by Gasteiger charge is 2.10. The molecule has 0 heterocycles. The zero-order valence-electron chi connectivity index (χ0n) is 11.8. The molecule has 1 rings (SSSR count). The zero-order chi connectivity index (χ0) is 13.1. The van der Waals surface area contributed by atoms with Crippen LogP contribution in [0.4, 0.5) is 0 Å². The van der Waals surface area contributed by atoms with Gasteiger partial charge < -0.3 is 10.1 Å². The molecule has 2 nitrogen and oxygen atoms in total. The van der Waals surface area contributed by atoms with Crippen LogP contribution in [0.5, 0.6) is 0 Å². The van der Waals surface area contributed by atoms with Crippen LogP contribution in [0.1, 0.15) is 44.6 Å². The lowest BCUT2D eigenvalue weighted by molar-refractivity contribution is 0.127. The summed E-state index contributed by atoms with van der Waals surface area (Å²) in [4.78, 5) is 0. The van der Waals surface area contributed by atoms with Crippen LogP contribution in [-0.2, 0) is 4.74 Å². The van der Waals surface area contributed by atoms with Gasteiger partial charge in [-0.15, -0.1) is 0 Å². The van der Waals surface area contributed by atoms with Crippen LogP contribution in [0.15, 0.2) is 30.3 Å². The molecule has 0 radical (unpaired) electrons. The molecule has 1 unspecified atom stereocenters. The van der Waals surface area contributed by atoms with Crippen LogP contribution in [0.2, 0.25) is 0 Å². The Labute approximate surface area is 112 Å². The van der Waals surface area contributed by atoms with E-state index in [2.05, 4.69) is 49.5 Å². The molecule has 0 aliphatic heterocycles. The first-order chi connectivity index (χ1) is 8.88. The van der Waals surface area contributed by atoms with Gasteiger partial charge in [-0.2, -0.15) is 0 Å². The molecule has 2 heteroatoms. The average molecular weight is 249 g/mol. The molecular formula is C16H27NO. The van der Waals surface area contributed by atoms with E-state index in [1.54, 1.807) is 0 Å². The van der Waals surface area contributed by atoms with Crippen molar-refractivity contribution in [2.24, 2.45) is 0 Å². The lowest BCUT2D eigenvalue weighted by atomic mass is 9.96. The minimum atomic E-state index is 0.564. The van der Waals surface area contributed by atoms with Crippen molar-refractivity contribution in [1.29, 1.82) is 0 Å². The Hall–Kier alpha value is -0.860. The van der Waals surface area contributed by atoms with E-state index in [0.717, 1.165) is 39.1 Å². The Kier molecular flexibility index (Phi) is 8.53. The van der Waals surface area contributed by atoms with Crippen LogP contribution < -0.4 is 5.32 Å². The van der Waals surface area contributed by atoms with Gasteiger partial charge in [0, 0.05) is 19.8 Å². The number of rotatable bonds is 10. The fourth-order valence-electron chi connectivity index (χ4n) is 2.04. The summed E-state index contributed by atoms with van der Waals surface area (Å²) in [6.07, 6.45) is 3.39. The second-order valence-electron chi connectivity index (χ2n) is 4.71. The maximum atomic E-state index is 5.61. The van der Waals surface area contributed by atoms with E-state index >= 15 is 0 Å². The molecule has 0 fully saturated rings. The third-order valence-electron chi connectivity index (χ3n) is 3.05. The quantitative estimate of drug-likeness (QED) is 0.640. The van der Waals surface area contributed by atoms with Gasteiger partial charge in [0.15, 0.2) is 0 Å². The molecule has 1 aromatic carbocycles. The first kappa shape index (κ1) is 15.2. The molecule has 0 bridgehead atoms. The second-order valence-corrected chi connectivity index (χ2v) is 4.71. The first-order valence-electron chi connectivity index (χ1n) is 7.21. The molecule has 0 aliphatic carbocycles. The molecule has 0 saturated heterocycles. The predicted molar refractivity (Wildman–Crippen MR) is 78.1 cm³/mol. The summed E-state index contributed by atoms with van der Waals surface area (Å²) in [7, 11) is 0. The smallest absolute Gasteiger partial charge is 0.0472 e. The fourth-order valence-corrected chi connectivity index (χ4v) is 2.04. The molecule has 0 aromatic heterocycles. The summed E-state index contributed by atoms with van der Waals surface area (Å²) < 4.78 is 5.61. The lowest BCUT2D eigenvalue weighted by Crippen LogP contribution is -2.23. The minimum absolute atomic E-state index is 0.564. The normalized spacial score (nSPS) is 12.6. The van der Waals surface area contributed by atoms with Gasteiger partial charge in [0.25, 0.3) is 0 Å². The van der Waals surface area contributed by atoms with Crippen molar-refractivity contribution in [2.45, 2.75) is 39.0 Å². The molecule has 102 valence electrons. The summed E-state index contributed by atoms with van der Waals surface area (Å²) in [6, 6.07) is 10.8. The van der Waals surface area contributed by atoms with E-state index in [4.69, 9.17) is 4.74 Å². The number of benzene rings is 1.